The van der Waals surface area contributed by atoms with Gasteiger partial charge in [-0.3, -0.25) is 0 Å². The Kier molecular flexibility index (Phi) is 5.76. The van der Waals surface area contributed by atoms with Gasteiger partial charge in [0.2, 0.25) is 0 Å². The predicted octanol–water partition coefficient (Wildman–Crippen LogP) is 3.45. The van der Waals surface area contributed by atoms with Crippen molar-refractivity contribution in [2.24, 2.45) is 0 Å². The molecule has 1 aromatic rings. The monoisotopic (exact) mass is 293 g/mol. The third-order valence-electron chi connectivity index (χ3n) is 2.63. The lowest BCUT2D eigenvalue weighted by molar-refractivity contribution is 0.0505. The minimum Gasteiger partial charge on any atom is -0.462 e. The van der Waals surface area contributed by atoms with E-state index >= 15 is 0 Å². The van der Waals surface area contributed by atoms with Crippen LogP contribution >= 0.6 is 0 Å². The fourth-order valence-corrected chi connectivity index (χ4v) is 1.72. The van der Waals surface area contributed by atoms with E-state index in [1.54, 1.807) is 45.9 Å². The summed E-state index contributed by atoms with van der Waals surface area (Å²) in [6.45, 7) is 9.33. The van der Waals surface area contributed by atoms with Crippen molar-refractivity contribution in [3.63, 3.8) is 0 Å². The van der Waals surface area contributed by atoms with E-state index in [2.05, 4.69) is 5.32 Å². The first-order valence-corrected chi connectivity index (χ1v) is 6.99. The maximum Gasteiger partial charge on any atom is 0.408 e. The minimum absolute atomic E-state index is 0.269. The molecular weight excluding hydrogens is 270 g/mol. The molecule has 1 amide bonds. The molecule has 0 aliphatic heterocycles. The van der Waals surface area contributed by atoms with Crippen LogP contribution < -0.4 is 5.32 Å². The summed E-state index contributed by atoms with van der Waals surface area (Å²) in [5, 5.41) is 2.74. The molecule has 21 heavy (non-hydrogen) atoms. The fraction of sp³-hybridized carbons (Fsp3) is 0.500. The molecule has 0 aliphatic rings. The van der Waals surface area contributed by atoms with Crippen LogP contribution in [-0.2, 0) is 9.47 Å². The van der Waals surface area contributed by atoms with Gasteiger partial charge in [-0.15, -0.1) is 0 Å². The van der Waals surface area contributed by atoms with Gasteiger partial charge >= 0.3 is 12.1 Å². The van der Waals surface area contributed by atoms with Crippen LogP contribution in [-0.4, -0.2) is 24.3 Å². The maximum atomic E-state index is 11.7. The molecule has 0 radical (unpaired) electrons. The molecule has 0 spiro atoms. The number of carbonyl (C=O) groups excluding carboxylic acids is 2. The molecule has 1 atom stereocenters. The quantitative estimate of drug-likeness (QED) is 0.864. The van der Waals surface area contributed by atoms with Crippen LogP contribution in [0.1, 0.15) is 56.6 Å². The molecule has 1 aromatic carbocycles. The number of benzene rings is 1. The Morgan fingerprint density at radius 1 is 1.29 bits per heavy atom. The molecule has 0 fully saturated rings. The Morgan fingerprint density at radius 2 is 1.95 bits per heavy atom. The summed E-state index contributed by atoms with van der Waals surface area (Å²) < 4.78 is 10.2. The van der Waals surface area contributed by atoms with E-state index in [4.69, 9.17) is 9.47 Å². The van der Waals surface area contributed by atoms with Gasteiger partial charge in [-0.1, -0.05) is 12.1 Å². The molecule has 0 heterocycles. The molecular formula is C16H23NO4. The third kappa shape index (κ3) is 5.85. The summed E-state index contributed by atoms with van der Waals surface area (Å²) >= 11 is 0. The predicted molar refractivity (Wildman–Crippen MR) is 80.2 cm³/mol. The van der Waals surface area contributed by atoms with Gasteiger partial charge in [0.1, 0.15) is 5.60 Å². The molecule has 116 valence electrons. The molecule has 1 N–H and O–H groups in total. The van der Waals surface area contributed by atoms with E-state index in [1.807, 2.05) is 13.0 Å². The van der Waals surface area contributed by atoms with Crippen molar-refractivity contribution in [3.8, 4) is 0 Å². The first-order valence-electron chi connectivity index (χ1n) is 6.99. The summed E-state index contributed by atoms with van der Waals surface area (Å²) in [7, 11) is 0. The smallest absolute Gasteiger partial charge is 0.408 e. The van der Waals surface area contributed by atoms with Crippen LogP contribution in [0.5, 0.6) is 0 Å². The topological polar surface area (TPSA) is 64.6 Å². The molecule has 0 saturated carbocycles. The fourth-order valence-electron chi connectivity index (χ4n) is 1.72. The highest BCUT2D eigenvalue weighted by Gasteiger charge is 2.18. The first kappa shape index (κ1) is 17.0. The number of hydrogen-bond acceptors (Lipinski definition) is 4. The van der Waals surface area contributed by atoms with Gasteiger partial charge in [0.15, 0.2) is 0 Å². The molecule has 0 aliphatic carbocycles. The zero-order valence-electron chi connectivity index (χ0n) is 13.2. The average molecular weight is 293 g/mol. The highest BCUT2D eigenvalue weighted by atomic mass is 16.6. The lowest BCUT2D eigenvalue weighted by atomic mass is 10.1. The normalized spacial score (nSPS) is 12.4. The van der Waals surface area contributed by atoms with Gasteiger partial charge in [0.25, 0.3) is 0 Å². The molecule has 1 rings (SSSR count). The van der Waals surface area contributed by atoms with Crippen LogP contribution in [0.15, 0.2) is 24.3 Å². The lowest BCUT2D eigenvalue weighted by Crippen LogP contribution is -2.34. The summed E-state index contributed by atoms with van der Waals surface area (Å²) in [5.74, 6) is -0.371. The van der Waals surface area contributed by atoms with Crippen molar-refractivity contribution < 1.29 is 19.1 Å². The van der Waals surface area contributed by atoms with Crippen LogP contribution in [0.25, 0.3) is 0 Å². The number of amides is 1. The van der Waals surface area contributed by atoms with Crippen LogP contribution in [0.4, 0.5) is 4.79 Å². The van der Waals surface area contributed by atoms with Crippen molar-refractivity contribution in [1.29, 1.82) is 0 Å². The molecule has 0 aromatic heterocycles. The molecule has 5 nitrogen and oxygen atoms in total. The Balaban J connectivity index is 2.74. The van der Waals surface area contributed by atoms with Crippen LogP contribution in [0.2, 0.25) is 0 Å². The van der Waals surface area contributed by atoms with Crippen molar-refractivity contribution in [2.75, 3.05) is 6.61 Å². The second-order valence-electron chi connectivity index (χ2n) is 5.71. The Labute approximate surface area is 125 Å². The van der Waals surface area contributed by atoms with E-state index in [-0.39, 0.29) is 12.0 Å². The number of ether oxygens (including phenoxy) is 2. The SMILES string of the molecule is CCOC(=O)c1cccc(C(C)NC(=O)OC(C)(C)C)c1. The summed E-state index contributed by atoms with van der Waals surface area (Å²) in [6, 6.07) is 6.72. The van der Waals surface area contributed by atoms with Gasteiger partial charge in [-0.05, 0) is 52.3 Å². The number of carbonyl (C=O) groups is 2. The van der Waals surface area contributed by atoms with Gasteiger partial charge < -0.3 is 14.8 Å². The Morgan fingerprint density at radius 3 is 2.52 bits per heavy atom. The van der Waals surface area contributed by atoms with E-state index in [0.717, 1.165) is 5.56 Å². The van der Waals surface area contributed by atoms with E-state index in [0.29, 0.717) is 12.2 Å². The number of rotatable bonds is 4. The average Bonchev–Trinajstić information content (AvgIpc) is 2.36. The molecule has 1 unspecified atom stereocenters. The van der Waals surface area contributed by atoms with Gasteiger partial charge in [-0.2, -0.15) is 0 Å². The third-order valence-corrected chi connectivity index (χ3v) is 2.63. The highest BCUT2D eigenvalue weighted by molar-refractivity contribution is 5.89. The second kappa shape index (κ2) is 7.11. The first-order chi connectivity index (χ1) is 9.73. The molecule has 0 bridgehead atoms. The zero-order valence-corrected chi connectivity index (χ0v) is 13.2. The summed E-state index contributed by atoms with van der Waals surface area (Å²) in [5.41, 5.74) is 0.731. The van der Waals surface area contributed by atoms with Crippen LogP contribution in [0.3, 0.4) is 0 Å². The Bertz CT molecular complexity index is 505. The zero-order chi connectivity index (χ0) is 16.0. The molecule has 0 saturated heterocycles. The van der Waals surface area contributed by atoms with E-state index in [1.165, 1.54) is 0 Å². The van der Waals surface area contributed by atoms with Crippen molar-refractivity contribution in [2.45, 2.75) is 46.3 Å². The van der Waals surface area contributed by atoms with Crippen molar-refractivity contribution in [3.05, 3.63) is 35.4 Å². The number of hydrogen-bond donors (Lipinski definition) is 1. The number of esters is 1. The Hall–Kier alpha value is -2.04. The number of alkyl carbamates (subject to hydrolysis) is 1. The summed E-state index contributed by atoms with van der Waals surface area (Å²) in [4.78, 5) is 23.4. The van der Waals surface area contributed by atoms with E-state index in [9.17, 15) is 9.59 Å². The second-order valence-corrected chi connectivity index (χ2v) is 5.71. The maximum absolute atomic E-state index is 11.7. The van der Waals surface area contributed by atoms with Gasteiger partial charge in [-0.25, -0.2) is 9.59 Å². The largest absolute Gasteiger partial charge is 0.462 e. The van der Waals surface area contributed by atoms with Crippen LogP contribution in [0, 0.1) is 0 Å². The van der Waals surface area contributed by atoms with Crippen molar-refractivity contribution >= 4 is 12.1 Å². The van der Waals surface area contributed by atoms with Crippen molar-refractivity contribution in [1.82, 2.24) is 5.32 Å². The van der Waals surface area contributed by atoms with Gasteiger partial charge in [0, 0.05) is 0 Å². The summed E-state index contributed by atoms with van der Waals surface area (Å²) in [6.07, 6.45) is -0.489. The molecule has 5 heteroatoms. The number of nitrogens with one attached hydrogen (secondary N) is 1. The minimum atomic E-state index is -0.545. The van der Waals surface area contributed by atoms with E-state index < -0.39 is 11.7 Å². The standard InChI is InChI=1S/C16H23NO4/c1-6-20-14(18)13-9-7-8-12(10-13)11(2)17-15(19)21-16(3,4)5/h7-11H,6H2,1-5H3,(H,17,19). The van der Waals surface area contributed by atoms with Gasteiger partial charge in [0.05, 0.1) is 18.2 Å². The lowest BCUT2D eigenvalue weighted by Gasteiger charge is -2.22. The highest BCUT2D eigenvalue weighted by Crippen LogP contribution is 2.16.